The molecule has 3 heterocycles. The lowest BCUT2D eigenvalue weighted by atomic mass is 9.91. The van der Waals surface area contributed by atoms with Crippen LogP contribution in [0.5, 0.6) is 0 Å². The van der Waals surface area contributed by atoms with Gasteiger partial charge in [-0.3, -0.25) is 19.9 Å². The van der Waals surface area contributed by atoms with Gasteiger partial charge in [0.1, 0.15) is 11.4 Å². The van der Waals surface area contributed by atoms with Gasteiger partial charge in [0.15, 0.2) is 0 Å². The van der Waals surface area contributed by atoms with Crippen molar-refractivity contribution >= 4 is 41.0 Å². The standard InChI is InChI=1S/C23H35N5O2S2/c29-21(22-25-10-15-32-22)26-20(17-31-16-18-4-2-1-3-5-18)23(30)28-13-11-27(12-14-28)19-6-8-24-9-7-19/h6-9,18,20,22,25H,1-5,10-17H2,(H,26,29)/t20-,22?/m0/s1. The number of rotatable bonds is 8. The fourth-order valence-corrected chi connectivity index (χ4v) is 6.87. The molecule has 2 atom stereocenters. The van der Waals surface area contributed by atoms with Crippen molar-refractivity contribution in [1.82, 2.24) is 20.5 Å². The molecule has 4 rings (SSSR count). The summed E-state index contributed by atoms with van der Waals surface area (Å²) in [6.07, 6.45) is 10.2. The van der Waals surface area contributed by atoms with Crippen LogP contribution in [-0.4, -0.2) is 83.1 Å². The molecular formula is C23H35N5O2S2. The number of nitrogens with one attached hydrogen (secondary N) is 2. The quantitative estimate of drug-likeness (QED) is 0.594. The minimum absolute atomic E-state index is 0.0560. The summed E-state index contributed by atoms with van der Waals surface area (Å²) in [4.78, 5) is 34.5. The molecule has 2 amide bonds. The predicted octanol–water partition coefficient (Wildman–Crippen LogP) is 2.19. The molecule has 0 spiro atoms. The molecule has 1 unspecified atom stereocenters. The number of hydrogen-bond donors (Lipinski definition) is 2. The molecular weight excluding hydrogens is 442 g/mol. The van der Waals surface area contributed by atoms with E-state index in [0.717, 1.165) is 42.7 Å². The van der Waals surface area contributed by atoms with Crippen molar-refractivity contribution in [2.24, 2.45) is 5.92 Å². The van der Waals surface area contributed by atoms with Gasteiger partial charge in [-0.1, -0.05) is 19.3 Å². The lowest BCUT2D eigenvalue weighted by Gasteiger charge is -2.37. The zero-order valence-corrected chi connectivity index (χ0v) is 20.3. The average molecular weight is 478 g/mol. The van der Waals surface area contributed by atoms with E-state index in [2.05, 4.69) is 20.5 Å². The first-order valence-corrected chi connectivity index (χ1v) is 14.1. The fraction of sp³-hybridized carbons (Fsp3) is 0.696. The molecule has 2 aliphatic heterocycles. The fourth-order valence-electron chi connectivity index (χ4n) is 4.68. The smallest absolute Gasteiger partial charge is 0.248 e. The van der Waals surface area contributed by atoms with Crippen LogP contribution in [0.25, 0.3) is 0 Å². The Morgan fingerprint density at radius 2 is 1.91 bits per heavy atom. The van der Waals surface area contributed by atoms with Crippen molar-refractivity contribution in [1.29, 1.82) is 0 Å². The number of carbonyl (C=O) groups is 2. The lowest BCUT2D eigenvalue weighted by molar-refractivity contribution is -0.136. The Balaban J connectivity index is 1.32. The number of pyridine rings is 1. The summed E-state index contributed by atoms with van der Waals surface area (Å²) in [6, 6.07) is 3.56. The zero-order valence-electron chi connectivity index (χ0n) is 18.7. The third kappa shape index (κ3) is 6.54. The second-order valence-electron chi connectivity index (χ2n) is 8.83. The Kier molecular flexibility index (Phi) is 8.99. The number of thioether (sulfide) groups is 2. The average Bonchev–Trinajstić information content (AvgIpc) is 3.40. The van der Waals surface area contributed by atoms with Gasteiger partial charge < -0.3 is 15.1 Å². The van der Waals surface area contributed by atoms with E-state index in [0.29, 0.717) is 18.8 Å². The summed E-state index contributed by atoms with van der Waals surface area (Å²) < 4.78 is 0. The summed E-state index contributed by atoms with van der Waals surface area (Å²) in [6.45, 7) is 3.79. The molecule has 2 saturated heterocycles. The van der Waals surface area contributed by atoms with Gasteiger partial charge in [-0.2, -0.15) is 11.8 Å². The normalized spacial score (nSPS) is 23.2. The molecule has 0 bridgehead atoms. The molecule has 32 heavy (non-hydrogen) atoms. The van der Waals surface area contributed by atoms with E-state index in [-0.39, 0.29) is 17.2 Å². The van der Waals surface area contributed by atoms with E-state index < -0.39 is 6.04 Å². The van der Waals surface area contributed by atoms with Gasteiger partial charge in [0.05, 0.1) is 0 Å². The second kappa shape index (κ2) is 12.1. The van der Waals surface area contributed by atoms with Crippen LogP contribution < -0.4 is 15.5 Å². The van der Waals surface area contributed by atoms with E-state index in [4.69, 9.17) is 0 Å². The highest BCUT2D eigenvalue weighted by molar-refractivity contribution is 8.00. The number of hydrogen-bond acceptors (Lipinski definition) is 7. The third-order valence-corrected chi connectivity index (χ3v) is 8.98. The highest BCUT2D eigenvalue weighted by Gasteiger charge is 2.32. The van der Waals surface area contributed by atoms with Crippen LogP contribution in [-0.2, 0) is 9.59 Å². The molecule has 1 aromatic rings. The van der Waals surface area contributed by atoms with Crippen LogP contribution in [0.4, 0.5) is 5.69 Å². The highest BCUT2D eigenvalue weighted by Crippen LogP contribution is 2.27. The van der Waals surface area contributed by atoms with Gasteiger partial charge >= 0.3 is 0 Å². The highest BCUT2D eigenvalue weighted by atomic mass is 32.2. The Morgan fingerprint density at radius 3 is 2.59 bits per heavy atom. The summed E-state index contributed by atoms with van der Waals surface area (Å²) in [5.41, 5.74) is 1.14. The van der Waals surface area contributed by atoms with Crippen molar-refractivity contribution in [2.75, 3.05) is 54.9 Å². The number of nitrogens with zero attached hydrogens (tertiary/aromatic N) is 3. The summed E-state index contributed by atoms with van der Waals surface area (Å²) in [7, 11) is 0. The van der Waals surface area contributed by atoms with Crippen LogP contribution in [0.1, 0.15) is 32.1 Å². The van der Waals surface area contributed by atoms with Gasteiger partial charge in [0, 0.05) is 62.3 Å². The van der Waals surface area contributed by atoms with Crippen molar-refractivity contribution in [3.8, 4) is 0 Å². The maximum absolute atomic E-state index is 13.4. The number of piperazine rings is 1. The molecule has 1 aromatic heterocycles. The van der Waals surface area contributed by atoms with Gasteiger partial charge in [-0.15, -0.1) is 11.8 Å². The van der Waals surface area contributed by atoms with Crippen LogP contribution in [0.3, 0.4) is 0 Å². The summed E-state index contributed by atoms with van der Waals surface area (Å²) in [5, 5.41) is 6.06. The van der Waals surface area contributed by atoms with Crippen LogP contribution >= 0.6 is 23.5 Å². The topological polar surface area (TPSA) is 77.6 Å². The molecule has 7 nitrogen and oxygen atoms in total. The monoisotopic (exact) mass is 477 g/mol. The largest absolute Gasteiger partial charge is 0.368 e. The van der Waals surface area contributed by atoms with Gasteiger partial charge in [-0.25, -0.2) is 0 Å². The van der Waals surface area contributed by atoms with E-state index in [1.165, 1.54) is 32.1 Å². The number of anilines is 1. The summed E-state index contributed by atoms with van der Waals surface area (Å²) in [5.74, 6) is 3.45. The van der Waals surface area contributed by atoms with Crippen LogP contribution in [0.2, 0.25) is 0 Å². The Labute approximate surface area is 199 Å². The molecule has 176 valence electrons. The summed E-state index contributed by atoms with van der Waals surface area (Å²) >= 11 is 3.45. The third-order valence-electron chi connectivity index (χ3n) is 6.55. The minimum Gasteiger partial charge on any atom is -0.368 e. The number of carbonyl (C=O) groups excluding carboxylic acids is 2. The van der Waals surface area contributed by atoms with E-state index in [1.54, 1.807) is 24.2 Å². The second-order valence-corrected chi connectivity index (χ2v) is 11.1. The SMILES string of the molecule is O=C(N[C@@H](CSCC1CCCCC1)C(=O)N1CCN(c2ccncc2)CC1)C1NCCS1. The predicted molar refractivity (Wildman–Crippen MR) is 133 cm³/mol. The van der Waals surface area contributed by atoms with Crippen molar-refractivity contribution in [3.63, 3.8) is 0 Å². The Hall–Kier alpha value is -1.45. The Bertz CT molecular complexity index is 733. The van der Waals surface area contributed by atoms with E-state index in [1.807, 2.05) is 28.8 Å². The molecule has 3 fully saturated rings. The first-order valence-electron chi connectivity index (χ1n) is 11.9. The van der Waals surface area contributed by atoms with Crippen molar-refractivity contribution in [2.45, 2.75) is 43.5 Å². The van der Waals surface area contributed by atoms with Crippen LogP contribution in [0, 0.1) is 5.92 Å². The first-order chi connectivity index (χ1) is 15.7. The zero-order chi connectivity index (χ0) is 22.2. The molecule has 1 saturated carbocycles. The molecule has 0 radical (unpaired) electrons. The van der Waals surface area contributed by atoms with Crippen molar-refractivity contribution in [3.05, 3.63) is 24.5 Å². The first kappa shape index (κ1) is 23.7. The van der Waals surface area contributed by atoms with E-state index in [9.17, 15) is 9.59 Å². The maximum Gasteiger partial charge on any atom is 0.248 e. The van der Waals surface area contributed by atoms with Gasteiger partial charge in [0.2, 0.25) is 11.8 Å². The van der Waals surface area contributed by atoms with Gasteiger partial charge in [0.25, 0.3) is 0 Å². The maximum atomic E-state index is 13.4. The minimum atomic E-state index is -0.452. The van der Waals surface area contributed by atoms with E-state index >= 15 is 0 Å². The molecule has 0 aromatic carbocycles. The molecule has 3 aliphatic rings. The molecule has 1 aliphatic carbocycles. The number of amides is 2. The molecule has 2 N–H and O–H groups in total. The van der Waals surface area contributed by atoms with Gasteiger partial charge in [-0.05, 0) is 36.6 Å². The van der Waals surface area contributed by atoms with Crippen LogP contribution in [0.15, 0.2) is 24.5 Å². The Morgan fingerprint density at radius 1 is 1.16 bits per heavy atom. The number of aromatic nitrogens is 1. The van der Waals surface area contributed by atoms with Crippen molar-refractivity contribution < 1.29 is 9.59 Å². The lowest BCUT2D eigenvalue weighted by Crippen LogP contribution is -2.57. The molecule has 9 heteroatoms.